The molecule has 0 saturated heterocycles. The molecule has 0 unspecified atom stereocenters. The molecule has 2 N–H and O–H groups in total. The molecular formula is C18H12F4O3. The van der Waals surface area contributed by atoms with E-state index in [9.17, 15) is 32.6 Å². The Morgan fingerprint density at radius 3 is 1.88 bits per heavy atom. The number of aliphatic hydroxyl groups is 2. The highest BCUT2D eigenvalue weighted by molar-refractivity contribution is 6.41. The smallest absolute Gasteiger partial charge is 0.416 e. The molecule has 130 valence electrons. The largest absolute Gasteiger partial charge is 0.515 e. The number of alkyl halides is 3. The SMILES string of the molecule is O=C(C(=CO)c1cccc(F)c1)C(=CO)c1cccc(C(F)(F)F)c1. The molecular weight excluding hydrogens is 340 g/mol. The van der Waals surface area contributed by atoms with E-state index in [1.54, 1.807) is 0 Å². The van der Waals surface area contributed by atoms with E-state index < -0.39 is 28.9 Å². The van der Waals surface area contributed by atoms with Crippen LogP contribution in [0.5, 0.6) is 0 Å². The van der Waals surface area contributed by atoms with Crippen LogP contribution in [0.2, 0.25) is 0 Å². The lowest BCUT2D eigenvalue weighted by Gasteiger charge is -2.12. The quantitative estimate of drug-likeness (QED) is 0.467. The minimum Gasteiger partial charge on any atom is -0.515 e. The number of ketones is 1. The van der Waals surface area contributed by atoms with Gasteiger partial charge >= 0.3 is 6.18 Å². The third kappa shape index (κ3) is 4.06. The second kappa shape index (κ2) is 7.21. The van der Waals surface area contributed by atoms with Crippen molar-refractivity contribution in [1.82, 2.24) is 0 Å². The summed E-state index contributed by atoms with van der Waals surface area (Å²) in [6, 6.07) is 8.53. The number of halogens is 4. The normalized spacial score (nSPS) is 13.0. The van der Waals surface area contributed by atoms with Gasteiger partial charge in [-0.3, -0.25) is 4.79 Å². The van der Waals surface area contributed by atoms with Crippen molar-refractivity contribution in [2.75, 3.05) is 0 Å². The first kappa shape index (κ1) is 18.3. The van der Waals surface area contributed by atoms with Gasteiger partial charge < -0.3 is 10.2 Å². The van der Waals surface area contributed by atoms with Crippen molar-refractivity contribution in [1.29, 1.82) is 0 Å². The highest BCUT2D eigenvalue weighted by Gasteiger charge is 2.31. The Bertz CT molecular complexity index is 851. The fourth-order valence-corrected chi connectivity index (χ4v) is 2.19. The molecule has 0 saturated carbocycles. The van der Waals surface area contributed by atoms with Gasteiger partial charge in [-0.2, -0.15) is 13.2 Å². The maximum atomic E-state index is 13.3. The number of hydrogen-bond donors (Lipinski definition) is 2. The van der Waals surface area contributed by atoms with Gasteiger partial charge in [0.1, 0.15) is 5.82 Å². The van der Waals surface area contributed by atoms with Gasteiger partial charge in [-0.05, 0) is 35.4 Å². The van der Waals surface area contributed by atoms with Gasteiger partial charge in [-0.25, -0.2) is 4.39 Å². The Morgan fingerprint density at radius 1 is 0.880 bits per heavy atom. The molecule has 0 aliphatic carbocycles. The van der Waals surface area contributed by atoms with E-state index in [0.29, 0.717) is 18.6 Å². The lowest BCUT2D eigenvalue weighted by Crippen LogP contribution is -2.09. The third-order valence-electron chi connectivity index (χ3n) is 3.38. The first-order chi connectivity index (χ1) is 11.8. The summed E-state index contributed by atoms with van der Waals surface area (Å²) in [5, 5.41) is 18.7. The van der Waals surface area contributed by atoms with Crippen molar-refractivity contribution in [3.63, 3.8) is 0 Å². The van der Waals surface area contributed by atoms with Crippen LogP contribution in [-0.2, 0) is 11.0 Å². The summed E-state index contributed by atoms with van der Waals surface area (Å²) in [6.45, 7) is 0. The molecule has 2 rings (SSSR count). The Labute approximate surface area is 140 Å². The van der Waals surface area contributed by atoms with Crippen molar-refractivity contribution in [2.45, 2.75) is 6.18 Å². The van der Waals surface area contributed by atoms with Crippen molar-refractivity contribution >= 4 is 16.9 Å². The second-order valence-corrected chi connectivity index (χ2v) is 5.00. The number of Topliss-reactive ketones (excluding diaryl/α,β-unsaturated/α-hetero) is 1. The van der Waals surface area contributed by atoms with Crippen molar-refractivity contribution in [3.05, 3.63) is 83.6 Å². The minimum absolute atomic E-state index is 0.0128. The van der Waals surface area contributed by atoms with E-state index in [-0.39, 0.29) is 16.7 Å². The van der Waals surface area contributed by atoms with Crippen LogP contribution in [0.1, 0.15) is 16.7 Å². The fourth-order valence-electron chi connectivity index (χ4n) is 2.19. The topological polar surface area (TPSA) is 57.5 Å². The number of carbonyl (C=O) groups is 1. The number of carbonyl (C=O) groups excluding carboxylic acids is 1. The highest BCUT2D eigenvalue weighted by Crippen LogP contribution is 2.32. The van der Waals surface area contributed by atoms with E-state index in [0.717, 1.165) is 24.3 Å². The standard InChI is InChI=1S/C18H12F4O3/c19-14-6-2-4-12(8-14)16(10-24)17(25)15(9-23)11-3-1-5-13(7-11)18(20,21)22/h1-10,23-24H. The molecule has 25 heavy (non-hydrogen) atoms. The number of aliphatic hydroxyl groups excluding tert-OH is 2. The van der Waals surface area contributed by atoms with Crippen molar-refractivity contribution in [3.8, 4) is 0 Å². The molecule has 2 aromatic rings. The average molecular weight is 352 g/mol. The highest BCUT2D eigenvalue weighted by atomic mass is 19.4. The number of benzene rings is 2. The fraction of sp³-hybridized carbons (Fsp3) is 0.0556. The van der Waals surface area contributed by atoms with E-state index in [1.807, 2.05) is 0 Å². The van der Waals surface area contributed by atoms with E-state index in [4.69, 9.17) is 0 Å². The molecule has 3 nitrogen and oxygen atoms in total. The summed E-state index contributed by atoms with van der Waals surface area (Å²) >= 11 is 0. The summed E-state index contributed by atoms with van der Waals surface area (Å²) in [7, 11) is 0. The van der Waals surface area contributed by atoms with E-state index in [2.05, 4.69) is 0 Å². The lowest BCUT2D eigenvalue weighted by atomic mass is 9.93. The molecule has 0 fully saturated rings. The van der Waals surface area contributed by atoms with E-state index >= 15 is 0 Å². The first-order valence-electron chi connectivity index (χ1n) is 6.95. The summed E-state index contributed by atoms with van der Waals surface area (Å²) in [4.78, 5) is 12.5. The van der Waals surface area contributed by atoms with Gasteiger partial charge in [-0.15, -0.1) is 0 Å². The molecule has 0 heterocycles. The van der Waals surface area contributed by atoms with Crippen LogP contribution >= 0.6 is 0 Å². The Balaban J connectivity index is 2.46. The molecule has 0 aliphatic rings. The summed E-state index contributed by atoms with van der Waals surface area (Å²) < 4.78 is 51.7. The molecule has 7 heteroatoms. The van der Waals surface area contributed by atoms with Gasteiger partial charge in [0.25, 0.3) is 0 Å². The van der Waals surface area contributed by atoms with Gasteiger partial charge in [0, 0.05) is 0 Å². The van der Waals surface area contributed by atoms with Crippen LogP contribution in [0.3, 0.4) is 0 Å². The zero-order valence-electron chi connectivity index (χ0n) is 12.6. The maximum Gasteiger partial charge on any atom is 0.416 e. The lowest BCUT2D eigenvalue weighted by molar-refractivity contribution is -0.137. The number of allylic oxidation sites excluding steroid dienone is 2. The zero-order valence-corrected chi connectivity index (χ0v) is 12.6. The number of rotatable bonds is 4. The third-order valence-corrected chi connectivity index (χ3v) is 3.38. The number of hydrogen-bond acceptors (Lipinski definition) is 3. The van der Waals surface area contributed by atoms with Crippen LogP contribution in [0.25, 0.3) is 11.1 Å². The average Bonchev–Trinajstić information content (AvgIpc) is 2.56. The van der Waals surface area contributed by atoms with Crippen LogP contribution in [0.4, 0.5) is 17.6 Å². The summed E-state index contributed by atoms with van der Waals surface area (Å²) in [6.07, 6.45) is -3.87. The molecule has 0 spiro atoms. The Morgan fingerprint density at radius 2 is 1.40 bits per heavy atom. The molecule has 0 bridgehead atoms. The minimum atomic E-state index is -4.63. The summed E-state index contributed by atoms with van der Waals surface area (Å²) in [5.74, 6) is -1.63. The summed E-state index contributed by atoms with van der Waals surface area (Å²) in [5.41, 5.74) is -2.04. The predicted octanol–water partition coefficient (Wildman–Crippen LogP) is 4.91. The van der Waals surface area contributed by atoms with Crippen LogP contribution < -0.4 is 0 Å². The molecule has 0 amide bonds. The van der Waals surface area contributed by atoms with Crippen LogP contribution in [0.15, 0.2) is 61.1 Å². The molecule has 0 radical (unpaired) electrons. The molecule has 0 aromatic heterocycles. The molecule has 2 aromatic carbocycles. The monoisotopic (exact) mass is 352 g/mol. The second-order valence-electron chi connectivity index (χ2n) is 5.00. The molecule has 0 aliphatic heterocycles. The van der Waals surface area contributed by atoms with Crippen LogP contribution in [-0.4, -0.2) is 16.0 Å². The molecule has 0 atom stereocenters. The van der Waals surface area contributed by atoms with Crippen LogP contribution in [0, 0.1) is 5.82 Å². The zero-order chi connectivity index (χ0) is 18.6. The van der Waals surface area contributed by atoms with Gasteiger partial charge in [-0.1, -0.05) is 24.3 Å². The Kier molecular flexibility index (Phi) is 5.26. The Hall–Kier alpha value is -3.09. The van der Waals surface area contributed by atoms with E-state index in [1.165, 1.54) is 18.2 Å². The van der Waals surface area contributed by atoms with Gasteiger partial charge in [0.05, 0.1) is 29.2 Å². The first-order valence-corrected chi connectivity index (χ1v) is 6.95. The van der Waals surface area contributed by atoms with Crippen molar-refractivity contribution in [2.24, 2.45) is 0 Å². The van der Waals surface area contributed by atoms with Crippen molar-refractivity contribution < 1.29 is 32.6 Å². The van der Waals surface area contributed by atoms with Gasteiger partial charge in [0.2, 0.25) is 0 Å². The predicted molar refractivity (Wildman–Crippen MR) is 84.1 cm³/mol. The van der Waals surface area contributed by atoms with Gasteiger partial charge in [0.15, 0.2) is 5.78 Å². The maximum absolute atomic E-state index is 13.3.